The molecule has 0 aliphatic heterocycles. The number of unbranched alkanes of at least 4 members (excludes halogenated alkanes) is 1. The average molecular weight is 229 g/mol. The molecule has 1 atom stereocenters. The van der Waals surface area contributed by atoms with Crippen molar-refractivity contribution in [2.24, 2.45) is 5.92 Å². The van der Waals surface area contributed by atoms with Gasteiger partial charge in [0.25, 0.3) is 0 Å². The first-order valence-corrected chi connectivity index (χ1v) is 6.61. The summed E-state index contributed by atoms with van der Waals surface area (Å²) in [5.41, 5.74) is 0. The van der Waals surface area contributed by atoms with Crippen LogP contribution in [0.15, 0.2) is 0 Å². The van der Waals surface area contributed by atoms with E-state index in [0.717, 1.165) is 25.3 Å². The summed E-state index contributed by atoms with van der Waals surface area (Å²) in [6, 6.07) is 0. The molecule has 0 bridgehead atoms. The van der Waals surface area contributed by atoms with Crippen LogP contribution in [-0.4, -0.2) is 19.2 Å². The SMILES string of the molecule is CCCOC(=O)NCCCCC(C)CCC. The van der Waals surface area contributed by atoms with E-state index in [1.54, 1.807) is 0 Å². The second-order valence-corrected chi connectivity index (χ2v) is 4.45. The minimum absolute atomic E-state index is 0.275. The Labute approximate surface area is 99.9 Å². The second-order valence-electron chi connectivity index (χ2n) is 4.45. The van der Waals surface area contributed by atoms with Crippen molar-refractivity contribution in [3.63, 3.8) is 0 Å². The number of hydrogen-bond donors (Lipinski definition) is 1. The maximum absolute atomic E-state index is 11.1. The molecule has 0 aromatic rings. The van der Waals surface area contributed by atoms with Crippen molar-refractivity contribution in [3.05, 3.63) is 0 Å². The Hall–Kier alpha value is -0.730. The molecule has 3 heteroatoms. The summed E-state index contributed by atoms with van der Waals surface area (Å²) >= 11 is 0. The molecule has 1 amide bonds. The molecule has 0 aliphatic rings. The van der Waals surface area contributed by atoms with E-state index in [1.807, 2.05) is 6.92 Å². The van der Waals surface area contributed by atoms with E-state index in [-0.39, 0.29) is 6.09 Å². The minimum Gasteiger partial charge on any atom is -0.450 e. The molecule has 0 aromatic heterocycles. The van der Waals surface area contributed by atoms with E-state index >= 15 is 0 Å². The fourth-order valence-corrected chi connectivity index (χ4v) is 1.69. The molecule has 0 fully saturated rings. The van der Waals surface area contributed by atoms with E-state index in [2.05, 4.69) is 19.2 Å². The summed E-state index contributed by atoms with van der Waals surface area (Å²) in [5, 5.41) is 2.76. The second kappa shape index (κ2) is 10.8. The largest absolute Gasteiger partial charge is 0.450 e. The third-order valence-corrected chi connectivity index (χ3v) is 2.61. The van der Waals surface area contributed by atoms with Crippen LogP contribution in [0.4, 0.5) is 4.79 Å². The van der Waals surface area contributed by atoms with Crippen LogP contribution in [0.5, 0.6) is 0 Å². The van der Waals surface area contributed by atoms with Crippen molar-refractivity contribution in [1.82, 2.24) is 5.32 Å². The predicted molar refractivity (Wildman–Crippen MR) is 67.6 cm³/mol. The lowest BCUT2D eigenvalue weighted by molar-refractivity contribution is 0.146. The van der Waals surface area contributed by atoms with Crippen molar-refractivity contribution in [3.8, 4) is 0 Å². The van der Waals surface area contributed by atoms with Gasteiger partial charge in [-0.1, -0.05) is 46.5 Å². The van der Waals surface area contributed by atoms with E-state index in [0.29, 0.717) is 6.61 Å². The van der Waals surface area contributed by atoms with Crippen molar-refractivity contribution in [1.29, 1.82) is 0 Å². The van der Waals surface area contributed by atoms with Gasteiger partial charge >= 0.3 is 6.09 Å². The molecule has 1 unspecified atom stereocenters. The molecule has 16 heavy (non-hydrogen) atoms. The maximum atomic E-state index is 11.1. The van der Waals surface area contributed by atoms with Gasteiger partial charge in [-0.2, -0.15) is 0 Å². The van der Waals surface area contributed by atoms with Crippen LogP contribution in [0.3, 0.4) is 0 Å². The topological polar surface area (TPSA) is 38.3 Å². The molecule has 0 radical (unpaired) electrons. The van der Waals surface area contributed by atoms with Crippen molar-refractivity contribution in [2.75, 3.05) is 13.2 Å². The summed E-state index contributed by atoms with van der Waals surface area (Å²) in [5.74, 6) is 0.817. The van der Waals surface area contributed by atoms with Crippen molar-refractivity contribution in [2.45, 2.75) is 59.3 Å². The number of nitrogens with one attached hydrogen (secondary N) is 1. The minimum atomic E-state index is -0.275. The van der Waals surface area contributed by atoms with Crippen LogP contribution >= 0.6 is 0 Å². The Kier molecular flexibility index (Phi) is 10.3. The highest BCUT2D eigenvalue weighted by Crippen LogP contribution is 2.12. The number of amides is 1. The summed E-state index contributed by atoms with van der Waals surface area (Å²) < 4.78 is 4.91. The van der Waals surface area contributed by atoms with Gasteiger partial charge in [0.1, 0.15) is 0 Å². The van der Waals surface area contributed by atoms with Gasteiger partial charge in [0.05, 0.1) is 6.61 Å². The van der Waals surface area contributed by atoms with Gasteiger partial charge in [-0.15, -0.1) is 0 Å². The molecule has 3 nitrogen and oxygen atoms in total. The number of ether oxygens (including phenoxy) is 1. The normalized spacial score (nSPS) is 12.2. The van der Waals surface area contributed by atoms with Crippen LogP contribution in [0.2, 0.25) is 0 Å². The third-order valence-electron chi connectivity index (χ3n) is 2.61. The van der Waals surface area contributed by atoms with Crippen molar-refractivity contribution >= 4 is 6.09 Å². The molecular formula is C13H27NO2. The van der Waals surface area contributed by atoms with Gasteiger partial charge in [0.15, 0.2) is 0 Å². The monoisotopic (exact) mass is 229 g/mol. The number of hydrogen-bond acceptors (Lipinski definition) is 2. The lowest BCUT2D eigenvalue weighted by Crippen LogP contribution is -2.25. The molecule has 0 aromatic carbocycles. The zero-order valence-corrected chi connectivity index (χ0v) is 11.1. The molecule has 0 aliphatic carbocycles. The highest BCUT2D eigenvalue weighted by Gasteiger charge is 2.02. The Morgan fingerprint density at radius 2 is 1.94 bits per heavy atom. The number of alkyl carbamates (subject to hydrolysis) is 1. The van der Waals surface area contributed by atoms with Gasteiger partial charge in [-0.05, 0) is 18.8 Å². The Bertz CT molecular complexity index is 171. The number of carbonyl (C=O) groups is 1. The molecular weight excluding hydrogens is 202 g/mol. The molecule has 0 rings (SSSR count). The number of rotatable bonds is 9. The molecule has 0 heterocycles. The Morgan fingerprint density at radius 1 is 1.19 bits per heavy atom. The molecule has 96 valence electrons. The summed E-state index contributed by atoms with van der Waals surface area (Å²) in [4.78, 5) is 11.1. The maximum Gasteiger partial charge on any atom is 0.407 e. The van der Waals surface area contributed by atoms with Gasteiger partial charge in [0.2, 0.25) is 0 Å². The molecule has 0 spiro atoms. The Balaban J connectivity index is 3.23. The summed E-state index contributed by atoms with van der Waals surface area (Å²) in [7, 11) is 0. The zero-order valence-electron chi connectivity index (χ0n) is 11.1. The molecule has 0 saturated heterocycles. The smallest absolute Gasteiger partial charge is 0.407 e. The predicted octanol–water partition coefficient (Wildman–Crippen LogP) is 3.73. The van der Waals surface area contributed by atoms with E-state index in [1.165, 1.54) is 25.7 Å². The highest BCUT2D eigenvalue weighted by molar-refractivity contribution is 5.66. The van der Waals surface area contributed by atoms with Crippen LogP contribution in [0.25, 0.3) is 0 Å². The van der Waals surface area contributed by atoms with Gasteiger partial charge in [-0.3, -0.25) is 0 Å². The van der Waals surface area contributed by atoms with Gasteiger partial charge in [-0.25, -0.2) is 4.79 Å². The van der Waals surface area contributed by atoms with Crippen LogP contribution in [0.1, 0.15) is 59.3 Å². The average Bonchev–Trinajstić information content (AvgIpc) is 2.26. The highest BCUT2D eigenvalue weighted by atomic mass is 16.5. The van der Waals surface area contributed by atoms with Crippen LogP contribution in [-0.2, 0) is 4.74 Å². The quantitative estimate of drug-likeness (QED) is 0.612. The number of carbonyl (C=O) groups excluding carboxylic acids is 1. The van der Waals surface area contributed by atoms with E-state index in [4.69, 9.17) is 4.74 Å². The lowest BCUT2D eigenvalue weighted by Gasteiger charge is -2.09. The van der Waals surface area contributed by atoms with E-state index < -0.39 is 0 Å². The first-order valence-electron chi connectivity index (χ1n) is 6.61. The lowest BCUT2D eigenvalue weighted by atomic mass is 9.99. The fourth-order valence-electron chi connectivity index (χ4n) is 1.69. The first-order chi connectivity index (χ1) is 7.70. The third kappa shape index (κ3) is 9.81. The van der Waals surface area contributed by atoms with Gasteiger partial charge < -0.3 is 10.1 Å². The van der Waals surface area contributed by atoms with E-state index in [9.17, 15) is 4.79 Å². The first kappa shape index (κ1) is 15.3. The summed E-state index contributed by atoms with van der Waals surface area (Å²) in [6.45, 7) is 7.76. The summed E-state index contributed by atoms with van der Waals surface area (Å²) in [6.07, 6.45) is 6.68. The van der Waals surface area contributed by atoms with Crippen LogP contribution < -0.4 is 5.32 Å². The Morgan fingerprint density at radius 3 is 2.56 bits per heavy atom. The zero-order chi connectivity index (χ0) is 12.2. The standard InChI is InChI=1S/C13H27NO2/c1-4-8-12(3)9-6-7-10-14-13(15)16-11-5-2/h12H,4-11H2,1-3H3,(H,14,15). The molecule has 0 saturated carbocycles. The fraction of sp³-hybridized carbons (Fsp3) is 0.923. The van der Waals surface area contributed by atoms with Crippen LogP contribution in [0, 0.1) is 5.92 Å². The van der Waals surface area contributed by atoms with Crippen molar-refractivity contribution < 1.29 is 9.53 Å². The van der Waals surface area contributed by atoms with Gasteiger partial charge in [0, 0.05) is 6.54 Å². The molecule has 1 N–H and O–H groups in total.